The Balaban J connectivity index is 2.89. The van der Waals surface area contributed by atoms with Crippen molar-refractivity contribution in [1.29, 1.82) is 0 Å². The number of halogens is 1. The van der Waals surface area contributed by atoms with Crippen molar-refractivity contribution in [2.45, 2.75) is 12.6 Å². The van der Waals surface area contributed by atoms with Gasteiger partial charge in [-0.25, -0.2) is 0 Å². The van der Waals surface area contributed by atoms with Crippen LogP contribution in [0.3, 0.4) is 0 Å². The molecule has 13 heavy (non-hydrogen) atoms. The number of hydrogen-bond acceptors (Lipinski definition) is 3. The fourth-order valence-electron chi connectivity index (χ4n) is 0.936. The minimum atomic E-state index is -0.896. The molecule has 5 heteroatoms. The lowest BCUT2D eigenvalue weighted by molar-refractivity contribution is 0.0803. The molecule has 72 valence electrons. The van der Waals surface area contributed by atoms with Crippen molar-refractivity contribution in [3.63, 3.8) is 0 Å². The molecule has 0 aliphatic rings. The van der Waals surface area contributed by atoms with E-state index in [0.29, 0.717) is 4.47 Å². The molecule has 1 heterocycles. The Morgan fingerprint density at radius 1 is 1.62 bits per heavy atom. The minimum Gasteiger partial charge on any atom is -0.394 e. The summed E-state index contributed by atoms with van der Waals surface area (Å²) in [5, 5.41) is 17.7. The average molecular weight is 248 g/mol. The first kappa shape index (κ1) is 10.4. The molecular weight excluding hydrogens is 238 g/mol. The van der Waals surface area contributed by atoms with Crippen LogP contribution in [0, 0.1) is 0 Å². The number of aromatic nitrogens is 1. The maximum atomic E-state index is 11.3. The van der Waals surface area contributed by atoms with Crippen LogP contribution in [0.15, 0.2) is 27.6 Å². The molecule has 4 nitrogen and oxygen atoms in total. The van der Waals surface area contributed by atoms with Crippen LogP contribution in [-0.4, -0.2) is 27.5 Å². The second-order valence-electron chi connectivity index (χ2n) is 2.65. The van der Waals surface area contributed by atoms with Gasteiger partial charge in [0.25, 0.3) is 5.56 Å². The number of hydrogen-bond donors (Lipinski definition) is 2. The fraction of sp³-hybridized carbons (Fsp3) is 0.375. The van der Waals surface area contributed by atoms with Gasteiger partial charge in [0.05, 0.1) is 23.7 Å². The zero-order valence-electron chi connectivity index (χ0n) is 6.85. The van der Waals surface area contributed by atoms with Crippen LogP contribution in [-0.2, 0) is 6.54 Å². The summed E-state index contributed by atoms with van der Waals surface area (Å²) < 4.78 is 1.78. The first-order valence-electron chi connectivity index (χ1n) is 3.79. The van der Waals surface area contributed by atoms with Crippen molar-refractivity contribution >= 4 is 15.9 Å². The Bertz CT molecular complexity index is 336. The predicted octanol–water partition coefficient (Wildman–Crippen LogP) is -0.0360. The van der Waals surface area contributed by atoms with Crippen LogP contribution in [0.25, 0.3) is 0 Å². The first-order chi connectivity index (χ1) is 6.15. The summed E-state index contributed by atoms with van der Waals surface area (Å²) in [6, 6.07) is 3.32. The van der Waals surface area contributed by atoms with Crippen molar-refractivity contribution in [3.8, 4) is 0 Å². The quantitative estimate of drug-likeness (QED) is 0.789. The molecule has 0 aliphatic carbocycles. The Kier molecular flexibility index (Phi) is 3.65. The monoisotopic (exact) mass is 247 g/mol. The fourth-order valence-corrected chi connectivity index (χ4v) is 1.32. The Labute approximate surface area is 83.6 Å². The molecule has 1 rings (SSSR count). The van der Waals surface area contributed by atoms with Crippen molar-refractivity contribution in [1.82, 2.24) is 4.57 Å². The summed E-state index contributed by atoms with van der Waals surface area (Å²) in [7, 11) is 0. The van der Waals surface area contributed by atoms with Gasteiger partial charge in [-0.2, -0.15) is 0 Å². The van der Waals surface area contributed by atoms with Crippen LogP contribution < -0.4 is 5.56 Å². The highest BCUT2D eigenvalue weighted by molar-refractivity contribution is 9.10. The standard InChI is InChI=1S/C8H10BrNO3/c9-7-2-1-3-10(8(7)13)4-6(12)5-11/h1-3,6,11-12H,4-5H2. The number of aliphatic hydroxyl groups excluding tert-OH is 2. The van der Waals surface area contributed by atoms with E-state index in [1.54, 1.807) is 18.3 Å². The van der Waals surface area contributed by atoms with E-state index in [0.717, 1.165) is 0 Å². The molecule has 0 radical (unpaired) electrons. The normalized spacial score (nSPS) is 12.8. The number of pyridine rings is 1. The molecule has 0 amide bonds. The van der Waals surface area contributed by atoms with E-state index in [9.17, 15) is 4.79 Å². The van der Waals surface area contributed by atoms with E-state index in [1.165, 1.54) is 4.57 Å². The summed E-state index contributed by atoms with van der Waals surface area (Å²) in [4.78, 5) is 11.3. The molecule has 0 aromatic carbocycles. The van der Waals surface area contributed by atoms with E-state index in [4.69, 9.17) is 10.2 Å². The molecule has 1 unspecified atom stereocenters. The topological polar surface area (TPSA) is 62.5 Å². The zero-order chi connectivity index (χ0) is 9.84. The molecule has 0 fully saturated rings. The molecule has 0 saturated carbocycles. The van der Waals surface area contributed by atoms with Gasteiger partial charge in [0.1, 0.15) is 0 Å². The molecule has 0 spiro atoms. The maximum absolute atomic E-state index is 11.3. The van der Waals surface area contributed by atoms with Gasteiger partial charge >= 0.3 is 0 Å². The highest BCUT2D eigenvalue weighted by Crippen LogP contribution is 2.00. The van der Waals surface area contributed by atoms with E-state index in [-0.39, 0.29) is 18.7 Å². The summed E-state index contributed by atoms with van der Waals surface area (Å²) in [6.07, 6.45) is 0.665. The van der Waals surface area contributed by atoms with Gasteiger partial charge in [0.15, 0.2) is 0 Å². The van der Waals surface area contributed by atoms with Crippen molar-refractivity contribution in [2.24, 2.45) is 0 Å². The SMILES string of the molecule is O=c1c(Br)cccn1CC(O)CO. The third kappa shape index (κ3) is 2.65. The Morgan fingerprint density at radius 3 is 2.92 bits per heavy atom. The van der Waals surface area contributed by atoms with Crippen LogP contribution in [0.4, 0.5) is 0 Å². The lowest BCUT2D eigenvalue weighted by Crippen LogP contribution is -2.28. The number of aliphatic hydroxyl groups is 2. The van der Waals surface area contributed by atoms with E-state index >= 15 is 0 Å². The molecule has 2 N–H and O–H groups in total. The van der Waals surface area contributed by atoms with Gasteiger partial charge in [-0.3, -0.25) is 4.79 Å². The van der Waals surface area contributed by atoms with Gasteiger partial charge < -0.3 is 14.8 Å². The summed E-state index contributed by atoms with van der Waals surface area (Å²) in [5.41, 5.74) is -0.213. The van der Waals surface area contributed by atoms with Crippen LogP contribution in [0.1, 0.15) is 0 Å². The smallest absolute Gasteiger partial charge is 0.264 e. The molecule has 0 saturated heterocycles. The predicted molar refractivity (Wildman–Crippen MR) is 51.5 cm³/mol. The van der Waals surface area contributed by atoms with E-state index in [1.807, 2.05) is 0 Å². The first-order valence-corrected chi connectivity index (χ1v) is 4.58. The lowest BCUT2D eigenvalue weighted by Gasteiger charge is -2.09. The maximum Gasteiger partial charge on any atom is 0.264 e. The largest absolute Gasteiger partial charge is 0.394 e. The van der Waals surface area contributed by atoms with Gasteiger partial charge in [0, 0.05) is 6.20 Å². The van der Waals surface area contributed by atoms with Crippen molar-refractivity contribution in [3.05, 3.63) is 33.2 Å². The lowest BCUT2D eigenvalue weighted by atomic mass is 10.3. The molecular formula is C8H10BrNO3. The molecule has 0 aliphatic heterocycles. The molecule has 1 aromatic heterocycles. The van der Waals surface area contributed by atoms with Gasteiger partial charge in [-0.05, 0) is 28.1 Å². The summed E-state index contributed by atoms with van der Waals surface area (Å²) in [5.74, 6) is 0. The summed E-state index contributed by atoms with van der Waals surface area (Å²) >= 11 is 3.08. The van der Waals surface area contributed by atoms with Gasteiger partial charge in [0.2, 0.25) is 0 Å². The van der Waals surface area contributed by atoms with Crippen molar-refractivity contribution in [2.75, 3.05) is 6.61 Å². The number of nitrogens with zero attached hydrogens (tertiary/aromatic N) is 1. The Morgan fingerprint density at radius 2 is 2.31 bits per heavy atom. The van der Waals surface area contributed by atoms with Crippen LogP contribution >= 0.6 is 15.9 Å². The second-order valence-corrected chi connectivity index (χ2v) is 3.50. The molecule has 0 bridgehead atoms. The van der Waals surface area contributed by atoms with Gasteiger partial charge in [-0.15, -0.1) is 0 Å². The number of rotatable bonds is 3. The average Bonchev–Trinajstić information content (AvgIpc) is 2.13. The summed E-state index contributed by atoms with van der Waals surface area (Å²) in [6.45, 7) is -0.242. The van der Waals surface area contributed by atoms with E-state index in [2.05, 4.69) is 15.9 Å². The Hall–Kier alpha value is -0.650. The van der Waals surface area contributed by atoms with Crippen molar-refractivity contribution < 1.29 is 10.2 Å². The van der Waals surface area contributed by atoms with E-state index < -0.39 is 6.10 Å². The van der Waals surface area contributed by atoms with Gasteiger partial charge in [-0.1, -0.05) is 0 Å². The minimum absolute atomic E-state index is 0.106. The zero-order valence-corrected chi connectivity index (χ0v) is 8.44. The second kappa shape index (κ2) is 4.55. The molecule has 1 aromatic rings. The third-order valence-corrected chi connectivity index (χ3v) is 2.20. The molecule has 1 atom stereocenters. The third-order valence-electron chi connectivity index (χ3n) is 1.59. The highest BCUT2D eigenvalue weighted by Gasteiger charge is 2.05. The van der Waals surface area contributed by atoms with Crippen LogP contribution in [0.5, 0.6) is 0 Å². The van der Waals surface area contributed by atoms with Crippen LogP contribution in [0.2, 0.25) is 0 Å². The highest BCUT2D eigenvalue weighted by atomic mass is 79.9.